The Balaban J connectivity index is 3.82. The molecule has 3 heteroatoms. The minimum Gasteiger partial charge on any atom is -0.631 e. The van der Waals surface area contributed by atoms with Crippen molar-refractivity contribution in [2.75, 3.05) is 13.8 Å². The summed E-state index contributed by atoms with van der Waals surface area (Å²) in [5, 5.41) is 3.68. The van der Waals surface area contributed by atoms with Crippen LogP contribution in [-0.2, 0) is 9.53 Å². The molecule has 0 spiro atoms. The minimum absolute atomic E-state index is 0.169. The van der Waals surface area contributed by atoms with Gasteiger partial charge >= 0.3 is 5.97 Å². The van der Waals surface area contributed by atoms with Crippen LogP contribution in [-0.4, -0.2) is 19.7 Å². The summed E-state index contributed by atoms with van der Waals surface area (Å²) in [6.07, 6.45) is 0.787. The molecular weight excluding hydrogens is 142 g/mol. The normalized spacial score (nSPS) is 11.3. The van der Waals surface area contributed by atoms with Crippen LogP contribution in [0.3, 0.4) is 0 Å². The van der Waals surface area contributed by atoms with E-state index in [1.165, 1.54) is 0 Å². The van der Waals surface area contributed by atoms with Gasteiger partial charge in [0.05, 0.1) is 5.41 Å². The second kappa shape index (κ2) is 4.34. The van der Waals surface area contributed by atoms with Crippen molar-refractivity contribution < 1.29 is 9.53 Å². The molecule has 0 fully saturated rings. The third-order valence-corrected chi connectivity index (χ3v) is 1.76. The number of carbonyl (C=O) groups excluding carboxylic acids is 1. The number of carbonyl (C=O) groups is 1. The van der Waals surface area contributed by atoms with E-state index in [-0.39, 0.29) is 18.1 Å². The van der Waals surface area contributed by atoms with E-state index in [4.69, 9.17) is 4.74 Å². The fraction of sp³-hybridized carbons (Fsp3) is 0.875. The van der Waals surface area contributed by atoms with Crippen molar-refractivity contribution in [3.63, 3.8) is 0 Å². The highest BCUT2D eigenvalue weighted by Crippen LogP contribution is 2.21. The summed E-state index contributed by atoms with van der Waals surface area (Å²) in [4.78, 5) is 11.2. The maximum Gasteiger partial charge on any atom is 0.309 e. The van der Waals surface area contributed by atoms with Crippen molar-refractivity contribution in [3.8, 4) is 0 Å². The largest absolute Gasteiger partial charge is 0.631 e. The summed E-state index contributed by atoms with van der Waals surface area (Å²) in [7, 11) is 1.62. The molecule has 11 heavy (non-hydrogen) atoms. The first-order valence-electron chi connectivity index (χ1n) is 3.77. The van der Waals surface area contributed by atoms with E-state index in [2.05, 4.69) is 5.32 Å². The lowest BCUT2D eigenvalue weighted by atomic mass is 9.91. The van der Waals surface area contributed by atoms with Crippen LogP contribution in [0.25, 0.3) is 5.32 Å². The SMILES string of the molecule is CCC(C)(C)C(=O)OC[N-]C. The maximum absolute atomic E-state index is 11.2. The van der Waals surface area contributed by atoms with Gasteiger partial charge in [0, 0.05) is 6.73 Å². The quantitative estimate of drug-likeness (QED) is 0.586. The number of hydrogen-bond donors (Lipinski definition) is 0. The second-order valence-electron chi connectivity index (χ2n) is 3.11. The van der Waals surface area contributed by atoms with Crippen LogP contribution >= 0.6 is 0 Å². The molecule has 0 rings (SSSR count). The molecule has 0 amide bonds. The number of rotatable bonds is 4. The van der Waals surface area contributed by atoms with Crippen molar-refractivity contribution in [1.82, 2.24) is 0 Å². The Labute approximate surface area is 68.1 Å². The molecule has 66 valence electrons. The van der Waals surface area contributed by atoms with Crippen molar-refractivity contribution in [1.29, 1.82) is 0 Å². The topological polar surface area (TPSA) is 40.4 Å². The van der Waals surface area contributed by atoms with E-state index in [9.17, 15) is 4.79 Å². The highest BCUT2D eigenvalue weighted by molar-refractivity contribution is 5.75. The van der Waals surface area contributed by atoms with Crippen LogP contribution in [0.15, 0.2) is 0 Å². The zero-order chi connectivity index (χ0) is 8.91. The van der Waals surface area contributed by atoms with Crippen LogP contribution in [0.1, 0.15) is 27.2 Å². The lowest BCUT2D eigenvalue weighted by molar-refractivity contribution is -0.153. The molecule has 0 aromatic heterocycles. The van der Waals surface area contributed by atoms with E-state index < -0.39 is 0 Å². The van der Waals surface area contributed by atoms with Gasteiger partial charge in [-0.3, -0.25) is 4.79 Å². The van der Waals surface area contributed by atoms with Gasteiger partial charge in [0.1, 0.15) is 0 Å². The van der Waals surface area contributed by atoms with E-state index in [1.54, 1.807) is 7.05 Å². The highest BCUT2D eigenvalue weighted by Gasteiger charge is 2.25. The van der Waals surface area contributed by atoms with Crippen LogP contribution in [0.5, 0.6) is 0 Å². The summed E-state index contributed by atoms with van der Waals surface area (Å²) in [6.45, 7) is 5.86. The number of hydrogen-bond acceptors (Lipinski definition) is 2. The third kappa shape index (κ3) is 3.37. The lowest BCUT2D eigenvalue weighted by Crippen LogP contribution is -2.25. The Bertz CT molecular complexity index is 132. The van der Waals surface area contributed by atoms with Crippen molar-refractivity contribution in [2.24, 2.45) is 5.41 Å². The van der Waals surface area contributed by atoms with Gasteiger partial charge in [-0.05, 0) is 20.3 Å². The van der Waals surface area contributed by atoms with E-state index in [0.717, 1.165) is 6.42 Å². The van der Waals surface area contributed by atoms with Gasteiger partial charge in [0.2, 0.25) is 0 Å². The lowest BCUT2D eigenvalue weighted by Gasteiger charge is -2.22. The van der Waals surface area contributed by atoms with Gasteiger partial charge in [-0.1, -0.05) is 6.92 Å². The molecule has 0 unspecified atom stereocenters. The smallest absolute Gasteiger partial charge is 0.309 e. The molecule has 0 radical (unpaired) electrons. The van der Waals surface area contributed by atoms with Crippen LogP contribution in [0.2, 0.25) is 0 Å². The molecule has 0 N–H and O–H groups in total. The minimum atomic E-state index is -0.370. The van der Waals surface area contributed by atoms with Crippen LogP contribution < -0.4 is 0 Å². The monoisotopic (exact) mass is 158 g/mol. The number of esters is 1. The first-order valence-corrected chi connectivity index (χ1v) is 3.77. The number of nitrogens with zero attached hydrogens (tertiary/aromatic N) is 1. The summed E-state index contributed by atoms with van der Waals surface area (Å²) in [6, 6.07) is 0. The average Bonchev–Trinajstić information content (AvgIpc) is 2.00. The standard InChI is InChI=1S/C8H16NO2/c1-5-8(2,3)7(10)11-6-9-4/h5-6H2,1-4H3/q-1. The Kier molecular flexibility index (Phi) is 4.11. The zero-order valence-corrected chi connectivity index (χ0v) is 7.68. The summed E-state index contributed by atoms with van der Waals surface area (Å²) in [5.41, 5.74) is -0.370. The first-order chi connectivity index (χ1) is 5.04. The van der Waals surface area contributed by atoms with Crippen molar-refractivity contribution >= 4 is 5.97 Å². The van der Waals surface area contributed by atoms with Crippen LogP contribution in [0.4, 0.5) is 0 Å². The number of ether oxygens (including phenoxy) is 1. The van der Waals surface area contributed by atoms with Crippen molar-refractivity contribution in [2.45, 2.75) is 27.2 Å². The summed E-state index contributed by atoms with van der Waals surface area (Å²) in [5.74, 6) is -0.175. The van der Waals surface area contributed by atoms with E-state index >= 15 is 0 Å². The zero-order valence-electron chi connectivity index (χ0n) is 7.68. The maximum atomic E-state index is 11.2. The van der Waals surface area contributed by atoms with Gasteiger partial charge in [-0.15, -0.1) is 0 Å². The molecule has 0 bridgehead atoms. The van der Waals surface area contributed by atoms with Gasteiger partial charge < -0.3 is 10.1 Å². The Morgan fingerprint density at radius 2 is 2.09 bits per heavy atom. The van der Waals surface area contributed by atoms with Gasteiger partial charge in [0.15, 0.2) is 0 Å². The van der Waals surface area contributed by atoms with Gasteiger partial charge in [-0.2, -0.15) is 7.05 Å². The molecule has 0 heterocycles. The van der Waals surface area contributed by atoms with E-state index in [0.29, 0.717) is 0 Å². The third-order valence-electron chi connectivity index (χ3n) is 1.76. The molecular formula is C8H16NO2-. The molecule has 0 aromatic rings. The molecule has 0 atom stereocenters. The van der Waals surface area contributed by atoms with E-state index in [1.807, 2.05) is 20.8 Å². The summed E-state index contributed by atoms with van der Waals surface area (Å²) >= 11 is 0. The molecule has 3 nitrogen and oxygen atoms in total. The molecule has 0 aliphatic carbocycles. The Morgan fingerprint density at radius 3 is 2.45 bits per heavy atom. The molecule has 0 saturated carbocycles. The first kappa shape index (κ1) is 10.4. The van der Waals surface area contributed by atoms with Gasteiger partial charge in [0.25, 0.3) is 0 Å². The predicted molar refractivity (Wildman–Crippen MR) is 44.3 cm³/mol. The van der Waals surface area contributed by atoms with Crippen molar-refractivity contribution in [3.05, 3.63) is 5.32 Å². The van der Waals surface area contributed by atoms with Crippen LogP contribution in [0, 0.1) is 5.41 Å². The highest BCUT2D eigenvalue weighted by atomic mass is 16.5. The molecule has 0 saturated heterocycles. The second-order valence-corrected chi connectivity index (χ2v) is 3.11. The molecule has 0 aliphatic rings. The molecule has 0 aliphatic heterocycles. The average molecular weight is 158 g/mol. The Hall–Kier alpha value is -0.570. The Morgan fingerprint density at radius 1 is 1.55 bits per heavy atom. The predicted octanol–water partition coefficient (Wildman–Crippen LogP) is 1.93. The molecule has 0 aromatic carbocycles. The summed E-state index contributed by atoms with van der Waals surface area (Å²) < 4.78 is 4.84. The fourth-order valence-electron chi connectivity index (χ4n) is 0.463. The van der Waals surface area contributed by atoms with Gasteiger partial charge in [-0.25, -0.2) is 0 Å². The fourth-order valence-corrected chi connectivity index (χ4v) is 0.463.